The lowest BCUT2D eigenvalue weighted by atomic mass is 10.0. The maximum Gasteiger partial charge on any atom is 0.270 e. The van der Waals surface area contributed by atoms with Crippen LogP contribution in [0, 0.1) is 6.92 Å². The standard InChI is InChI=1S/C24H27N3O3/c1-17-14-19(18-8-5-4-6-9-18)11-12-21(17)25-22(29)15-27-13-7-10-20(16-28)23(27)24(30)26(2)3/h4-6,8-9,11-12,14,16H,7,10,13,15H2,1-3H3,(H,25,29). The predicted molar refractivity (Wildman–Crippen MR) is 118 cm³/mol. The molecule has 2 aromatic carbocycles. The van der Waals surface area contributed by atoms with Crippen LogP contribution >= 0.6 is 0 Å². The highest BCUT2D eigenvalue weighted by molar-refractivity contribution is 6.00. The molecule has 1 heterocycles. The van der Waals surface area contributed by atoms with Crippen LogP contribution in [0.5, 0.6) is 0 Å². The van der Waals surface area contributed by atoms with E-state index in [1.165, 1.54) is 4.90 Å². The van der Waals surface area contributed by atoms with E-state index in [1.54, 1.807) is 19.0 Å². The van der Waals surface area contributed by atoms with Crippen molar-refractivity contribution in [3.05, 3.63) is 65.4 Å². The molecule has 6 heteroatoms. The van der Waals surface area contributed by atoms with E-state index in [1.807, 2.05) is 55.5 Å². The number of likely N-dealkylation sites (N-methyl/N-ethyl adjacent to an activating group) is 1. The average Bonchev–Trinajstić information content (AvgIpc) is 2.75. The van der Waals surface area contributed by atoms with Crippen LogP contribution in [-0.2, 0) is 14.4 Å². The summed E-state index contributed by atoms with van der Waals surface area (Å²) in [7, 11) is 3.28. The summed E-state index contributed by atoms with van der Waals surface area (Å²) in [5, 5.41) is 2.94. The van der Waals surface area contributed by atoms with Crippen molar-refractivity contribution in [3.8, 4) is 11.1 Å². The highest BCUT2D eigenvalue weighted by Crippen LogP contribution is 2.26. The van der Waals surface area contributed by atoms with E-state index in [4.69, 9.17) is 0 Å². The van der Waals surface area contributed by atoms with E-state index in [2.05, 4.69) is 5.32 Å². The average molecular weight is 405 g/mol. The summed E-state index contributed by atoms with van der Waals surface area (Å²) in [6, 6.07) is 16.0. The van der Waals surface area contributed by atoms with Crippen molar-refractivity contribution >= 4 is 23.8 Å². The topological polar surface area (TPSA) is 69.7 Å². The van der Waals surface area contributed by atoms with Crippen LogP contribution in [0.15, 0.2) is 59.8 Å². The van der Waals surface area contributed by atoms with E-state index in [-0.39, 0.29) is 18.4 Å². The lowest BCUT2D eigenvalue weighted by Gasteiger charge is -2.32. The SMILES string of the molecule is Cc1cc(-c2ccccc2)ccc1NC(=O)CN1CCCC(C=O)=C1C(=O)N(C)C. The first kappa shape index (κ1) is 21.3. The largest absolute Gasteiger partial charge is 0.357 e. The molecule has 0 aromatic heterocycles. The fourth-order valence-electron chi connectivity index (χ4n) is 3.63. The Morgan fingerprint density at radius 1 is 1.10 bits per heavy atom. The van der Waals surface area contributed by atoms with Gasteiger partial charge in [0.15, 0.2) is 0 Å². The third-order valence-corrected chi connectivity index (χ3v) is 5.19. The Bertz CT molecular complexity index is 980. The second-order valence-electron chi connectivity index (χ2n) is 7.66. The van der Waals surface area contributed by atoms with Crippen molar-refractivity contribution in [1.82, 2.24) is 9.80 Å². The number of benzene rings is 2. The van der Waals surface area contributed by atoms with Gasteiger partial charge in [-0.3, -0.25) is 14.4 Å². The van der Waals surface area contributed by atoms with Crippen molar-refractivity contribution in [2.24, 2.45) is 0 Å². The van der Waals surface area contributed by atoms with Crippen molar-refractivity contribution in [2.45, 2.75) is 19.8 Å². The molecule has 30 heavy (non-hydrogen) atoms. The van der Waals surface area contributed by atoms with E-state index >= 15 is 0 Å². The van der Waals surface area contributed by atoms with Gasteiger partial charge in [0, 0.05) is 31.9 Å². The summed E-state index contributed by atoms with van der Waals surface area (Å²) in [4.78, 5) is 39.9. The van der Waals surface area contributed by atoms with Crippen LogP contribution < -0.4 is 5.32 Å². The third-order valence-electron chi connectivity index (χ3n) is 5.19. The Labute approximate surface area is 177 Å². The number of hydrogen-bond acceptors (Lipinski definition) is 4. The van der Waals surface area contributed by atoms with Gasteiger partial charge in [-0.15, -0.1) is 0 Å². The van der Waals surface area contributed by atoms with Crippen LogP contribution in [0.2, 0.25) is 0 Å². The van der Waals surface area contributed by atoms with Crippen molar-refractivity contribution in [3.63, 3.8) is 0 Å². The number of carbonyl (C=O) groups is 3. The van der Waals surface area contributed by atoms with Crippen LogP contribution in [0.25, 0.3) is 11.1 Å². The molecule has 0 atom stereocenters. The van der Waals surface area contributed by atoms with Gasteiger partial charge in [-0.2, -0.15) is 0 Å². The molecule has 0 saturated carbocycles. The molecule has 0 spiro atoms. The lowest BCUT2D eigenvalue weighted by molar-refractivity contribution is -0.127. The van der Waals surface area contributed by atoms with E-state index in [0.717, 1.165) is 35.1 Å². The molecule has 0 aliphatic carbocycles. The molecule has 1 N–H and O–H groups in total. The zero-order valence-electron chi connectivity index (χ0n) is 17.6. The number of aryl methyl sites for hydroxylation is 1. The molecular weight excluding hydrogens is 378 g/mol. The molecule has 0 fully saturated rings. The van der Waals surface area contributed by atoms with E-state index in [9.17, 15) is 14.4 Å². The monoisotopic (exact) mass is 405 g/mol. The molecule has 3 rings (SSSR count). The molecule has 6 nitrogen and oxygen atoms in total. The van der Waals surface area contributed by atoms with Crippen molar-refractivity contribution < 1.29 is 14.4 Å². The van der Waals surface area contributed by atoms with Crippen LogP contribution in [-0.4, -0.2) is 55.1 Å². The molecule has 1 aliphatic rings. The lowest BCUT2D eigenvalue weighted by Crippen LogP contribution is -2.42. The summed E-state index contributed by atoms with van der Waals surface area (Å²) < 4.78 is 0. The number of amides is 2. The van der Waals surface area contributed by atoms with Crippen LogP contribution in [0.1, 0.15) is 18.4 Å². The second kappa shape index (κ2) is 9.39. The number of anilines is 1. The van der Waals surface area contributed by atoms with Gasteiger partial charge < -0.3 is 15.1 Å². The van der Waals surface area contributed by atoms with E-state index in [0.29, 0.717) is 24.2 Å². The number of nitrogens with one attached hydrogen (secondary N) is 1. The fraction of sp³-hybridized carbons (Fsp3) is 0.292. The maximum absolute atomic E-state index is 12.7. The summed E-state index contributed by atoms with van der Waals surface area (Å²) in [6.45, 7) is 2.53. The number of carbonyl (C=O) groups excluding carboxylic acids is 3. The first-order valence-corrected chi connectivity index (χ1v) is 10.0. The number of allylic oxidation sites excluding steroid dienone is 1. The van der Waals surface area contributed by atoms with Gasteiger partial charge in [0.05, 0.1) is 6.54 Å². The highest BCUT2D eigenvalue weighted by atomic mass is 16.2. The summed E-state index contributed by atoms with van der Waals surface area (Å²) >= 11 is 0. The quantitative estimate of drug-likeness (QED) is 0.749. The predicted octanol–water partition coefficient (Wildman–Crippen LogP) is 3.24. The third kappa shape index (κ3) is 4.76. The number of hydrogen-bond donors (Lipinski definition) is 1. The zero-order valence-corrected chi connectivity index (χ0v) is 17.6. The summed E-state index contributed by atoms with van der Waals surface area (Å²) in [5.41, 5.74) is 4.67. The van der Waals surface area contributed by atoms with Crippen molar-refractivity contribution in [1.29, 1.82) is 0 Å². The van der Waals surface area contributed by atoms with Gasteiger partial charge in [-0.1, -0.05) is 36.4 Å². The van der Waals surface area contributed by atoms with Gasteiger partial charge in [0.2, 0.25) is 5.91 Å². The number of nitrogens with zero attached hydrogens (tertiary/aromatic N) is 2. The molecule has 1 aliphatic heterocycles. The summed E-state index contributed by atoms with van der Waals surface area (Å²) in [5.74, 6) is -0.477. The normalized spacial score (nSPS) is 13.8. The Balaban J connectivity index is 1.75. The zero-order chi connectivity index (χ0) is 21.7. The smallest absolute Gasteiger partial charge is 0.270 e. The van der Waals surface area contributed by atoms with Gasteiger partial charge in [0.1, 0.15) is 12.0 Å². The molecule has 2 amide bonds. The summed E-state index contributed by atoms with van der Waals surface area (Å²) in [6.07, 6.45) is 2.01. The molecule has 0 bridgehead atoms. The van der Waals surface area contributed by atoms with Gasteiger partial charge in [0.25, 0.3) is 5.91 Å². The molecule has 156 valence electrons. The van der Waals surface area contributed by atoms with Crippen LogP contribution in [0.3, 0.4) is 0 Å². The van der Waals surface area contributed by atoms with Gasteiger partial charge in [-0.05, 0) is 48.6 Å². The van der Waals surface area contributed by atoms with Crippen LogP contribution in [0.4, 0.5) is 5.69 Å². The minimum absolute atomic E-state index is 0.0200. The Hall–Kier alpha value is -3.41. The molecule has 2 aromatic rings. The van der Waals surface area contributed by atoms with Gasteiger partial charge in [-0.25, -0.2) is 0 Å². The molecule has 0 radical (unpaired) electrons. The molecule has 0 unspecified atom stereocenters. The van der Waals surface area contributed by atoms with E-state index < -0.39 is 0 Å². The Morgan fingerprint density at radius 3 is 2.47 bits per heavy atom. The maximum atomic E-state index is 12.7. The highest BCUT2D eigenvalue weighted by Gasteiger charge is 2.28. The second-order valence-corrected chi connectivity index (χ2v) is 7.66. The Kier molecular flexibility index (Phi) is 6.67. The minimum Gasteiger partial charge on any atom is -0.357 e. The first-order valence-electron chi connectivity index (χ1n) is 10.0. The van der Waals surface area contributed by atoms with Gasteiger partial charge >= 0.3 is 0 Å². The number of aldehydes is 1. The van der Waals surface area contributed by atoms with Crippen molar-refractivity contribution in [2.75, 3.05) is 32.5 Å². The fourth-order valence-corrected chi connectivity index (χ4v) is 3.63. The minimum atomic E-state index is -0.256. The number of rotatable bonds is 6. The molecule has 0 saturated heterocycles. The first-order chi connectivity index (χ1) is 14.4. The molecular formula is C24H27N3O3. The Morgan fingerprint density at radius 2 is 1.83 bits per heavy atom.